The van der Waals surface area contributed by atoms with E-state index < -0.39 is 11.7 Å². The topological polar surface area (TPSA) is 37.8 Å². The molecule has 1 N–H and O–H groups in total. The van der Waals surface area contributed by atoms with E-state index in [-0.39, 0.29) is 0 Å². The Bertz CT molecular complexity index is 1120. The molecule has 7 heteroatoms. The van der Waals surface area contributed by atoms with Crippen LogP contribution < -0.4 is 5.32 Å². The molecule has 142 valence electrons. The molecule has 0 saturated carbocycles. The molecule has 4 aromatic rings. The maximum absolute atomic E-state index is 13.0. The van der Waals surface area contributed by atoms with Crippen LogP contribution in [-0.2, 0) is 12.6 Å². The summed E-state index contributed by atoms with van der Waals surface area (Å²) in [7, 11) is 0. The zero-order valence-electron chi connectivity index (χ0n) is 14.9. The highest BCUT2D eigenvalue weighted by atomic mass is 32.1. The van der Waals surface area contributed by atoms with Crippen molar-refractivity contribution >= 4 is 33.1 Å². The molecule has 0 aliphatic carbocycles. The maximum Gasteiger partial charge on any atom is 0.416 e. The summed E-state index contributed by atoms with van der Waals surface area (Å²) in [4.78, 5) is 11.2. The van der Waals surface area contributed by atoms with Gasteiger partial charge in [-0.2, -0.15) is 13.2 Å². The first-order chi connectivity index (χ1) is 13.4. The number of benzene rings is 2. The number of halogens is 3. The second kappa shape index (κ2) is 7.24. The first-order valence-corrected chi connectivity index (χ1v) is 9.56. The Kier molecular flexibility index (Phi) is 4.77. The Labute approximate surface area is 163 Å². The number of aryl methyl sites for hydroxylation is 1. The first-order valence-electron chi connectivity index (χ1n) is 8.74. The van der Waals surface area contributed by atoms with Gasteiger partial charge in [0.1, 0.15) is 10.6 Å². The summed E-state index contributed by atoms with van der Waals surface area (Å²) in [5.74, 6) is 1.03. The Morgan fingerprint density at radius 3 is 2.46 bits per heavy atom. The molecule has 3 nitrogen and oxygen atoms in total. The lowest BCUT2D eigenvalue weighted by molar-refractivity contribution is -0.137. The lowest BCUT2D eigenvalue weighted by Crippen LogP contribution is -2.05. The molecule has 0 amide bonds. The van der Waals surface area contributed by atoms with Crippen molar-refractivity contribution in [1.82, 2.24) is 9.97 Å². The lowest BCUT2D eigenvalue weighted by atomic mass is 10.2. The van der Waals surface area contributed by atoms with Crippen molar-refractivity contribution < 1.29 is 13.2 Å². The molecule has 0 saturated heterocycles. The highest BCUT2D eigenvalue weighted by Gasteiger charge is 2.30. The van der Waals surface area contributed by atoms with Gasteiger partial charge in [0, 0.05) is 16.1 Å². The lowest BCUT2D eigenvalue weighted by Gasteiger charge is -2.12. The van der Waals surface area contributed by atoms with Crippen LogP contribution in [0.1, 0.15) is 17.4 Å². The fourth-order valence-electron chi connectivity index (χ4n) is 2.87. The molecule has 2 aromatic heterocycles. The number of aromatic nitrogens is 2. The number of hydrogen-bond donors (Lipinski definition) is 1. The molecule has 0 radical (unpaired) electrons. The predicted octanol–water partition coefficient (Wildman–Crippen LogP) is 6.68. The molecule has 2 aromatic carbocycles. The van der Waals surface area contributed by atoms with Gasteiger partial charge >= 0.3 is 6.18 Å². The molecule has 0 atom stereocenters. The molecular weight excluding hydrogens is 383 g/mol. The average Bonchev–Trinajstić information content (AvgIpc) is 3.12. The van der Waals surface area contributed by atoms with Gasteiger partial charge in [0.15, 0.2) is 5.82 Å². The number of hydrogen-bond acceptors (Lipinski definition) is 4. The second-order valence-electron chi connectivity index (χ2n) is 6.25. The SMILES string of the molecule is CCc1cc2c(Nc3cccc(C(F)(F)F)c3)nc(-c3ccccc3)nc2s1. The smallest absolute Gasteiger partial charge is 0.340 e. The van der Waals surface area contributed by atoms with Crippen LogP contribution in [0.3, 0.4) is 0 Å². The summed E-state index contributed by atoms with van der Waals surface area (Å²) >= 11 is 1.57. The number of anilines is 2. The summed E-state index contributed by atoms with van der Waals surface area (Å²) in [6, 6.07) is 16.6. The number of alkyl halides is 3. The molecule has 0 fully saturated rings. The van der Waals surface area contributed by atoms with Crippen molar-refractivity contribution in [1.29, 1.82) is 0 Å². The van der Waals surface area contributed by atoms with E-state index in [9.17, 15) is 13.2 Å². The van der Waals surface area contributed by atoms with Crippen LogP contribution >= 0.6 is 11.3 Å². The van der Waals surface area contributed by atoms with Gasteiger partial charge in [0.05, 0.1) is 10.9 Å². The van der Waals surface area contributed by atoms with E-state index in [0.29, 0.717) is 17.3 Å². The monoisotopic (exact) mass is 399 g/mol. The minimum absolute atomic E-state index is 0.332. The number of fused-ring (bicyclic) bond motifs is 1. The van der Waals surface area contributed by atoms with Crippen LogP contribution in [0.15, 0.2) is 60.7 Å². The van der Waals surface area contributed by atoms with E-state index in [0.717, 1.165) is 39.2 Å². The van der Waals surface area contributed by atoms with Crippen molar-refractivity contribution in [2.75, 3.05) is 5.32 Å². The highest BCUT2D eigenvalue weighted by molar-refractivity contribution is 7.18. The van der Waals surface area contributed by atoms with Gasteiger partial charge in [-0.3, -0.25) is 0 Å². The third-order valence-corrected chi connectivity index (χ3v) is 5.45. The van der Waals surface area contributed by atoms with Crippen molar-refractivity contribution in [2.45, 2.75) is 19.5 Å². The van der Waals surface area contributed by atoms with Gasteiger partial charge in [0.25, 0.3) is 0 Å². The van der Waals surface area contributed by atoms with Gasteiger partial charge in [-0.15, -0.1) is 11.3 Å². The van der Waals surface area contributed by atoms with Gasteiger partial charge in [-0.1, -0.05) is 43.3 Å². The molecule has 0 aliphatic rings. The number of rotatable bonds is 4. The largest absolute Gasteiger partial charge is 0.416 e. The standard InChI is InChI=1S/C21H16F3N3S/c1-2-16-12-17-19(25-15-10-6-9-14(11-15)21(22,23)24)26-18(27-20(17)28-16)13-7-4-3-5-8-13/h3-12H,2H2,1H3,(H,25,26,27). The molecule has 0 aliphatic heterocycles. The van der Waals surface area contributed by atoms with Crippen LogP contribution in [0, 0.1) is 0 Å². The third-order valence-electron chi connectivity index (χ3n) is 4.28. The van der Waals surface area contributed by atoms with E-state index in [1.165, 1.54) is 6.07 Å². The summed E-state index contributed by atoms with van der Waals surface area (Å²) < 4.78 is 39.1. The van der Waals surface area contributed by atoms with Crippen LogP contribution in [-0.4, -0.2) is 9.97 Å². The molecule has 0 spiro atoms. The maximum atomic E-state index is 13.0. The minimum atomic E-state index is -4.40. The summed E-state index contributed by atoms with van der Waals surface area (Å²) in [5.41, 5.74) is 0.478. The van der Waals surface area contributed by atoms with Crippen LogP contribution in [0.5, 0.6) is 0 Å². The Hall–Kier alpha value is -2.93. The van der Waals surface area contributed by atoms with Crippen molar-refractivity contribution in [3.63, 3.8) is 0 Å². The summed E-state index contributed by atoms with van der Waals surface area (Å²) in [6.45, 7) is 2.05. The minimum Gasteiger partial charge on any atom is -0.340 e. The third kappa shape index (κ3) is 3.71. The van der Waals surface area contributed by atoms with Crippen LogP contribution in [0.25, 0.3) is 21.6 Å². The van der Waals surface area contributed by atoms with Gasteiger partial charge in [-0.05, 0) is 30.7 Å². The molecule has 28 heavy (non-hydrogen) atoms. The number of nitrogens with zero attached hydrogens (tertiary/aromatic N) is 2. The fraction of sp³-hybridized carbons (Fsp3) is 0.143. The van der Waals surface area contributed by atoms with E-state index in [4.69, 9.17) is 0 Å². The van der Waals surface area contributed by atoms with Crippen LogP contribution in [0.4, 0.5) is 24.7 Å². The molecule has 0 bridgehead atoms. The van der Waals surface area contributed by atoms with E-state index >= 15 is 0 Å². The molecule has 2 heterocycles. The zero-order chi connectivity index (χ0) is 19.7. The molecular formula is C21H16F3N3S. The summed E-state index contributed by atoms with van der Waals surface area (Å²) in [5, 5.41) is 3.87. The van der Waals surface area contributed by atoms with E-state index in [1.54, 1.807) is 17.4 Å². The zero-order valence-corrected chi connectivity index (χ0v) is 15.7. The van der Waals surface area contributed by atoms with Gasteiger partial charge < -0.3 is 5.32 Å². The Balaban J connectivity index is 1.82. The Morgan fingerprint density at radius 2 is 1.75 bits per heavy atom. The molecule has 4 rings (SSSR count). The summed E-state index contributed by atoms with van der Waals surface area (Å²) in [6.07, 6.45) is -3.55. The van der Waals surface area contributed by atoms with Gasteiger partial charge in [-0.25, -0.2) is 9.97 Å². The van der Waals surface area contributed by atoms with Crippen molar-refractivity contribution in [3.8, 4) is 11.4 Å². The quantitative estimate of drug-likeness (QED) is 0.416. The second-order valence-corrected chi connectivity index (χ2v) is 7.37. The highest BCUT2D eigenvalue weighted by Crippen LogP contribution is 2.35. The number of thiophene rings is 1. The first kappa shape index (κ1) is 18.4. The number of nitrogens with one attached hydrogen (secondary N) is 1. The van der Waals surface area contributed by atoms with Crippen molar-refractivity contribution in [2.24, 2.45) is 0 Å². The normalized spacial score (nSPS) is 11.7. The van der Waals surface area contributed by atoms with Crippen LogP contribution in [0.2, 0.25) is 0 Å². The van der Waals surface area contributed by atoms with Gasteiger partial charge in [0.2, 0.25) is 0 Å². The Morgan fingerprint density at radius 1 is 0.964 bits per heavy atom. The van der Waals surface area contributed by atoms with E-state index in [1.807, 2.05) is 36.4 Å². The average molecular weight is 399 g/mol. The van der Waals surface area contributed by atoms with E-state index in [2.05, 4.69) is 22.2 Å². The molecule has 0 unspecified atom stereocenters. The fourth-order valence-corrected chi connectivity index (χ4v) is 3.83. The predicted molar refractivity (Wildman–Crippen MR) is 107 cm³/mol. The van der Waals surface area contributed by atoms with Crippen molar-refractivity contribution in [3.05, 3.63) is 71.1 Å².